The third kappa shape index (κ3) is 59.0. The van der Waals surface area contributed by atoms with Crippen LogP contribution in [0.2, 0.25) is 0 Å². The lowest BCUT2D eigenvalue weighted by molar-refractivity contribution is -0.161. The van der Waals surface area contributed by atoms with Gasteiger partial charge in [0.05, 0.1) is 26.4 Å². The van der Waals surface area contributed by atoms with Crippen LogP contribution in [-0.4, -0.2) is 96.7 Å². The maximum atomic E-state index is 13.0. The van der Waals surface area contributed by atoms with Gasteiger partial charge in [0.25, 0.3) is 0 Å². The summed E-state index contributed by atoms with van der Waals surface area (Å²) in [7, 11) is -9.88. The molecule has 0 aromatic rings. The maximum absolute atomic E-state index is 13.0. The van der Waals surface area contributed by atoms with E-state index in [0.29, 0.717) is 25.7 Å². The topological polar surface area (TPSA) is 237 Å². The van der Waals surface area contributed by atoms with Crippen molar-refractivity contribution >= 4 is 39.5 Å². The molecule has 19 heteroatoms. The van der Waals surface area contributed by atoms with Crippen LogP contribution in [0.5, 0.6) is 0 Å². The molecule has 0 heterocycles. The Kier molecular flexibility index (Phi) is 58.6. The van der Waals surface area contributed by atoms with Gasteiger partial charge in [0.1, 0.15) is 19.3 Å². The van der Waals surface area contributed by atoms with Crippen molar-refractivity contribution in [3.63, 3.8) is 0 Å². The van der Waals surface area contributed by atoms with Crippen LogP contribution in [0.4, 0.5) is 0 Å². The van der Waals surface area contributed by atoms with Gasteiger partial charge in [0.2, 0.25) is 0 Å². The predicted octanol–water partition coefficient (Wildman–Crippen LogP) is 18.3. The van der Waals surface area contributed by atoms with Gasteiger partial charge in [-0.2, -0.15) is 0 Å². The fourth-order valence-electron chi connectivity index (χ4n) is 9.81. The number of ether oxygens (including phenoxy) is 4. The molecule has 0 spiro atoms. The molecular formula is C65H126O17P2. The molecule has 0 aliphatic carbocycles. The van der Waals surface area contributed by atoms with Crippen LogP contribution >= 0.6 is 15.6 Å². The van der Waals surface area contributed by atoms with E-state index in [1.165, 1.54) is 161 Å². The molecule has 0 saturated heterocycles. The van der Waals surface area contributed by atoms with Crippen LogP contribution in [0, 0.1) is 0 Å². The summed E-state index contributed by atoms with van der Waals surface area (Å²) < 4.78 is 68.0. The number of phosphoric ester groups is 2. The average Bonchev–Trinajstić information content (AvgIpc) is 3.47. The van der Waals surface area contributed by atoms with Gasteiger partial charge in [-0.1, -0.05) is 285 Å². The van der Waals surface area contributed by atoms with Crippen molar-refractivity contribution in [2.75, 3.05) is 39.6 Å². The number of esters is 4. The van der Waals surface area contributed by atoms with E-state index >= 15 is 0 Å². The molecule has 0 rings (SSSR count). The number of aliphatic hydroxyl groups is 1. The van der Waals surface area contributed by atoms with Crippen molar-refractivity contribution in [1.29, 1.82) is 0 Å². The van der Waals surface area contributed by atoms with Crippen LogP contribution in [0.1, 0.15) is 336 Å². The fourth-order valence-corrected chi connectivity index (χ4v) is 11.4. The minimum Gasteiger partial charge on any atom is -0.462 e. The van der Waals surface area contributed by atoms with Crippen LogP contribution in [0.3, 0.4) is 0 Å². The minimum absolute atomic E-state index is 0.107. The highest BCUT2D eigenvalue weighted by Crippen LogP contribution is 2.45. The Balaban J connectivity index is 5.22. The van der Waals surface area contributed by atoms with Crippen LogP contribution < -0.4 is 0 Å². The lowest BCUT2D eigenvalue weighted by Crippen LogP contribution is -2.30. The summed E-state index contributed by atoms with van der Waals surface area (Å²) in [6.07, 6.45) is 45.7. The quantitative estimate of drug-likeness (QED) is 0.0222. The molecule has 5 atom stereocenters. The molecule has 0 amide bonds. The normalized spacial score (nSPS) is 14.1. The highest BCUT2D eigenvalue weighted by atomic mass is 31.2. The van der Waals surface area contributed by atoms with Crippen LogP contribution in [-0.2, 0) is 65.4 Å². The number of rotatable bonds is 66. The Morgan fingerprint density at radius 1 is 0.286 bits per heavy atom. The highest BCUT2D eigenvalue weighted by Gasteiger charge is 2.30. The smallest absolute Gasteiger partial charge is 0.462 e. The van der Waals surface area contributed by atoms with Crippen molar-refractivity contribution in [2.24, 2.45) is 0 Å². The van der Waals surface area contributed by atoms with E-state index < -0.39 is 97.5 Å². The zero-order chi connectivity index (χ0) is 61.9. The largest absolute Gasteiger partial charge is 0.472 e. The number of phosphoric acid groups is 2. The average molecular weight is 1240 g/mol. The van der Waals surface area contributed by atoms with E-state index in [0.717, 1.165) is 96.3 Å². The first-order valence-corrected chi connectivity index (χ1v) is 37.3. The van der Waals surface area contributed by atoms with Gasteiger partial charge in [-0.3, -0.25) is 37.3 Å². The Labute approximate surface area is 511 Å². The molecule has 17 nitrogen and oxygen atoms in total. The van der Waals surface area contributed by atoms with Crippen LogP contribution in [0.15, 0.2) is 0 Å². The number of hydrogen-bond donors (Lipinski definition) is 3. The molecule has 0 aromatic heterocycles. The molecule has 3 N–H and O–H groups in total. The lowest BCUT2D eigenvalue weighted by atomic mass is 10.0. The summed E-state index contributed by atoms with van der Waals surface area (Å²) in [4.78, 5) is 72.2. The lowest BCUT2D eigenvalue weighted by Gasteiger charge is -2.21. The van der Waals surface area contributed by atoms with E-state index in [2.05, 4.69) is 27.7 Å². The van der Waals surface area contributed by atoms with E-state index in [1.807, 2.05) is 0 Å². The Morgan fingerprint density at radius 2 is 0.476 bits per heavy atom. The minimum atomic E-state index is -4.94. The molecule has 0 fully saturated rings. The summed E-state index contributed by atoms with van der Waals surface area (Å²) in [5.74, 6) is -2.13. The first-order valence-electron chi connectivity index (χ1n) is 34.3. The number of unbranched alkanes of at least 4 members (excludes halogenated alkanes) is 40. The predicted molar refractivity (Wildman–Crippen MR) is 335 cm³/mol. The van der Waals surface area contributed by atoms with Crippen molar-refractivity contribution in [1.82, 2.24) is 0 Å². The molecule has 0 aliphatic heterocycles. The summed E-state index contributed by atoms with van der Waals surface area (Å²) in [6, 6.07) is 0. The molecule has 2 unspecified atom stereocenters. The molecule has 0 bridgehead atoms. The van der Waals surface area contributed by atoms with Gasteiger partial charge >= 0.3 is 39.5 Å². The van der Waals surface area contributed by atoms with Gasteiger partial charge in [0.15, 0.2) is 12.2 Å². The second kappa shape index (κ2) is 60.0. The number of carbonyl (C=O) groups excluding carboxylic acids is 4. The first kappa shape index (κ1) is 82.1. The van der Waals surface area contributed by atoms with Gasteiger partial charge in [0, 0.05) is 25.7 Å². The van der Waals surface area contributed by atoms with Crippen molar-refractivity contribution in [3.05, 3.63) is 0 Å². The molecular weight excluding hydrogens is 1110 g/mol. The second-order valence-corrected chi connectivity index (χ2v) is 26.4. The first-order chi connectivity index (χ1) is 40.7. The zero-order valence-corrected chi connectivity index (χ0v) is 55.7. The van der Waals surface area contributed by atoms with Crippen molar-refractivity contribution < 1.29 is 80.2 Å². The summed E-state index contributed by atoms with van der Waals surface area (Å²) >= 11 is 0. The van der Waals surface area contributed by atoms with E-state index in [-0.39, 0.29) is 25.7 Å². The zero-order valence-electron chi connectivity index (χ0n) is 53.9. The van der Waals surface area contributed by atoms with Gasteiger partial charge < -0.3 is 33.8 Å². The number of aliphatic hydroxyl groups excluding tert-OH is 1. The highest BCUT2D eigenvalue weighted by molar-refractivity contribution is 7.47. The van der Waals surface area contributed by atoms with Gasteiger partial charge in [-0.05, 0) is 25.7 Å². The summed E-state index contributed by atoms with van der Waals surface area (Å²) in [5, 5.41) is 10.5. The summed E-state index contributed by atoms with van der Waals surface area (Å²) in [5.41, 5.74) is 0. The van der Waals surface area contributed by atoms with Crippen molar-refractivity contribution in [2.45, 2.75) is 354 Å². The number of carbonyl (C=O) groups is 4. The van der Waals surface area contributed by atoms with E-state index in [1.54, 1.807) is 0 Å². The standard InChI is InChI=1S/C65H126O17P2/c1-5-9-13-17-21-25-28-29-30-33-36-40-44-48-52-65(70)82-61(56-76-63(68)50-46-42-38-34-31-26-22-18-14-10-6-2)58-80-84(73,74)78-54-59(66)53-77-83(71,72)79-57-60(55-75-62(67)49-45-41-37-24-20-16-12-8-4)81-64(69)51-47-43-39-35-32-27-23-19-15-11-7-3/h59-61,66H,5-58H2,1-4H3,(H,71,72)(H,73,74)/t59-,60+,61+/m0/s1. The Bertz CT molecular complexity index is 1620. The monoisotopic (exact) mass is 1240 g/mol. The molecule has 0 aromatic carbocycles. The number of hydrogen-bond acceptors (Lipinski definition) is 15. The van der Waals surface area contributed by atoms with Gasteiger partial charge in [-0.15, -0.1) is 0 Å². The third-order valence-corrected chi connectivity index (χ3v) is 17.0. The molecule has 0 aliphatic rings. The molecule has 0 saturated carbocycles. The summed E-state index contributed by atoms with van der Waals surface area (Å²) in [6.45, 7) is 4.88. The maximum Gasteiger partial charge on any atom is 0.472 e. The molecule has 498 valence electrons. The third-order valence-electron chi connectivity index (χ3n) is 15.1. The SMILES string of the molecule is CCCCCCCCCCCCCCCCC(=O)O[C@H](COC(=O)CCCCCCCCCCCCC)COP(=O)(O)OC[C@@H](O)COP(=O)(O)OC[C@@H](COC(=O)CCCCCCCCCC)OC(=O)CCCCCCCCCCCCC. The van der Waals surface area contributed by atoms with E-state index in [9.17, 15) is 43.2 Å². The molecule has 84 heavy (non-hydrogen) atoms. The van der Waals surface area contributed by atoms with Crippen LogP contribution in [0.25, 0.3) is 0 Å². The van der Waals surface area contributed by atoms with Crippen molar-refractivity contribution in [3.8, 4) is 0 Å². The Morgan fingerprint density at radius 3 is 0.702 bits per heavy atom. The molecule has 0 radical (unpaired) electrons. The van der Waals surface area contributed by atoms with Gasteiger partial charge in [-0.25, -0.2) is 9.13 Å². The van der Waals surface area contributed by atoms with E-state index in [4.69, 9.17) is 37.0 Å². The Hall–Kier alpha value is -1.94. The fraction of sp³-hybridized carbons (Fsp3) is 0.938. The second-order valence-electron chi connectivity index (χ2n) is 23.5.